The first-order chi connectivity index (χ1) is 7.19. The lowest BCUT2D eigenvalue weighted by molar-refractivity contribution is -0.265. The number of hydrogen-bond acceptors (Lipinski definition) is 3. The summed E-state index contributed by atoms with van der Waals surface area (Å²) in [5.41, 5.74) is -1.30. The summed E-state index contributed by atoms with van der Waals surface area (Å²) in [6, 6.07) is 0. The van der Waals surface area contributed by atoms with E-state index in [-0.39, 0.29) is 5.41 Å². The Labute approximate surface area is 95.6 Å². The summed E-state index contributed by atoms with van der Waals surface area (Å²) in [4.78, 5) is 11.4. The van der Waals surface area contributed by atoms with Crippen LogP contribution in [0.2, 0.25) is 0 Å². The maximum atomic E-state index is 11.4. The number of aliphatic carboxylic acids is 1. The Morgan fingerprint density at radius 2 is 1.88 bits per heavy atom. The van der Waals surface area contributed by atoms with Gasteiger partial charge >= 0.3 is 5.97 Å². The van der Waals surface area contributed by atoms with E-state index in [9.17, 15) is 15.0 Å². The summed E-state index contributed by atoms with van der Waals surface area (Å²) in [5.74, 6) is -0.765. The molecule has 2 N–H and O–H groups in total. The van der Waals surface area contributed by atoms with Gasteiger partial charge in [0.2, 0.25) is 0 Å². The molecule has 4 atom stereocenters. The molecule has 0 aromatic carbocycles. The average Bonchev–Trinajstić information content (AvgIpc) is 2.10. The van der Waals surface area contributed by atoms with Gasteiger partial charge in [-0.3, -0.25) is 4.79 Å². The Kier molecular flexibility index (Phi) is 2.37. The second-order valence-corrected chi connectivity index (χ2v) is 6.52. The van der Waals surface area contributed by atoms with E-state index in [1.54, 1.807) is 6.92 Å². The minimum absolute atomic E-state index is 0.126. The number of hydrogen-bond donors (Lipinski definition) is 2. The predicted octanol–water partition coefficient (Wildman–Crippen LogP) is 1.62. The van der Waals surface area contributed by atoms with E-state index < -0.39 is 23.1 Å². The molecule has 4 heteroatoms. The van der Waals surface area contributed by atoms with E-state index in [4.69, 9.17) is 4.74 Å². The number of carbonyl (C=O) groups is 1. The highest BCUT2D eigenvalue weighted by atomic mass is 16.6. The van der Waals surface area contributed by atoms with Crippen molar-refractivity contribution in [2.75, 3.05) is 6.61 Å². The van der Waals surface area contributed by atoms with Crippen LogP contribution in [0.4, 0.5) is 0 Å². The molecule has 1 heterocycles. The summed E-state index contributed by atoms with van der Waals surface area (Å²) in [5, 5.41) is 19.2. The third-order valence-corrected chi connectivity index (χ3v) is 4.14. The summed E-state index contributed by atoms with van der Waals surface area (Å²) < 4.78 is 5.39. The Morgan fingerprint density at radius 3 is 2.44 bits per heavy atom. The smallest absolute Gasteiger partial charge is 0.309 e. The SMILES string of the molecule is C[C@@]12CO[C@H](O)[C@@](C)(C1)C[C@](C)(C(=O)O)C2. The molecular weight excluding hydrogens is 208 g/mol. The van der Waals surface area contributed by atoms with E-state index in [1.165, 1.54) is 0 Å². The molecule has 1 aliphatic heterocycles. The highest BCUT2D eigenvalue weighted by molar-refractivity contribution is 5.74. The van der Waals surface area contributed by atoms with Crippen LogP contribution in [0.5, 0.6) is 0 Å². The minimum atomic E-state index is -0.834. The molecule has 2 aliphatic rings. The molecule has 1 saturated carbocycles. The molecule has 0 unspecified atom stereocenters. The molecule has 0 spiro atoms. The molecule has 4 nitrogen and oxygen atoms in total. The molecule has 1 aliphatic carbocycles. The zero-order chi connectivity index (χ0) is 12.2. The lowest BCUT2D eigenvalue weighted by Crippen LogP contribution is -2.56. The molecule has 0 amide bonds. The molecule has 2 rings (SSSR count). The van der Waals surface area contributed by atoms with Crippen molar-refractivity contribution in [1.82, 2.24) is 0 Å². The highest BCUT2D eigenvalue weighted by Crippen LogP contribution is 2.58. The van der Waals surface area contributed by atoms with Crippen molar-refractivity contribution < 1.29 is 19.7 Å². The molecule has 16 heavy (non-hydrogen) atoms. The van der Waals surface area contributed by atoms with Crippen LogP contribution in [0.15, 0.2) is 0 Å². The lowest BCUT2D eigenvalue weighted by Gasteiger charge is -2.56. The van der Waals surface area contributed by atoms with E-state index in [2.05, 4.69) is 6.92 Å². The van der Waals surface area contributed by atoms with Gasteiger partial charge in [0.25, 0.3) is 0 Å². The van der Waals surface area contributed by atoms with Crippen molar-refractivity contribution in [2.45, 2.75) is 46.3 Å². The molecule has 2 fully saturated rings. The standard InChI is InChI=1S/C12H20O4/c1-10-4-11(2,8(13)14)6-12(3,5-10)9(15)16-7-10/h9,15H,4-7H2,1-3H3,(H,13,14)/t9-,10-,11+,12-/m0/s1. The third kappa shape index (κ3) is 1.64. The quantitative estimate of drug-likeness (QED) is 0.715. The Balaban J connectivity index is 2.36. The zero-order valence-corrected chi connectivity index (χ0v) is 10.1. The van der Waals surface area contributed by atoms with Crippen LogP contribution in [0.25, 0.3) is 0 Å². The minimum Gasteiger partial charge on any atom is -0.481 e. The van der Waals surface area contributed by atoms with Gasteiger partial charge in [-0.25, -0.2) is 0 Å². The van der Waals surface area contributed by atoms with Gasteiger partial charge in [0.1, 0.15) is 0 Å². The van der Waals surface area contributed by atoms with E-state index >= 15 is 0 Å². The van der Waals surface area contributed by atoms with Gasteiger partial charge in [0, 0.05) is 5.41 Å². The second-order valence-electron chi connectivity index (χ2n) is 6.52. The summed E-state index contributed by atoms with van der Waals surface area (Å²) in [6.07, 6.45) is 1.10. The molecular formula is C12H20O4. The Bertz CT molecular complexity index is 329. The van der Waals surface area contributed by atoms with Crippen LogP contribution in [-0.4, -0.2) is 29.1 Å². The van der Waals surface area contributed by atoms with Crippen LogP contribution in [0.1, 0.15) is 40.0 Å². The zero-order valence-electron chi connectivity index (χ0n) is 10.1. The summed E-state index contributed by atoms with van der Waals surface area (Å²) >= 11 is 0. The van der Waals surface area contributed by atoms with Gasteiger partial charge in [-0.1, -0.05) is 13.8 Å². The van der Waals surface area contributed by atoms with Crippen molar-refractivity contribution in [3.05, 3.63) is 0 Å². The lowest BCUT2D eigenvalue weighted by atomic mass is 9.53. The fourth-order valence-corrected chi connectivity index (χ4v) is 3.90. The van der Waals surface area contributed by atoms with Gasteiger partial charge < -0.3 is 14.9 Å². The largest absolute Gasteiger partial charge is 0.481 e. The van der Waals surface area contributed by atoms with Crippen LogP contribution < -0.4 is 0 Å². The van der Waals surface area contributed by atoms with Crippen LogP contribution >= 0.6 is 0 Å². The number of rotatable bonds is 1. The van der Waals surface area contributed by atoms with Crippen LogP contribution in [0, 0.1) is 16.2 Å². The Hall–Kier alpha value is -0.610. The van der Waals surface area contributed by atoms with Crippen molar-refractivity contribution in [3.8, 4) is 0 Å². The first-order valence-corrected chi connectivity index (χ1v) is 5.72. The van der Waals surface area contributed by atoms with Gasteiger partial charge in [0.15, 0.2) is 6.29 Å². The number of carboxylic acid groups (broad SMARTS) is 1. The van der Waals surface area contributed by atoms with E-state index in [1.807, 2.05) is 6.92 Å². The monoisotopic (exact) mass is 228 g/mol. The first-order valence-electron chi connectivity index (χ1n) is 5.72. The van der Waals surface area contributed by atoms with Crippen molar-refractivity contribution in [3.63, 3.8) is 0 Å². The van der Waals surface area contributed by atoms with Crippen molar-refractivity contribution >= 4 is 5.97 Å². The van der Waals surface area contributed by atoms with E-state index in [0.29, 0.717) is 19.4 Å². The molecule has 0 aromatic heterocycles. The predicted molar refractivity (Wildman–Crippen MR) is 57.8 cm³/mol. The second kappa shape index (κ2) is 3.20. The molecule has 0 aromatic rings. The highest BCUT2D eigenvalue weighted by Gasteiger charge is 2.57. The van der Waals surface area contributed by atoms with Crippen LogP contribution in [-0.2, 0) is 9.53 Å². The third-order valence-electron chi connectivity index (χ3n) is 4.14. The first kappa shape index (κ1) is 11.9. The molecule has 2 bridgehead atoms. The number of carboxylic acids is 1. The summed E-state index contributed by atoms with van der Waals surface area (Å²) in [7, 11) is 0. The topological polar surface area (TPSA) is 66.8 Å². The molecule has 0 radical (unpaired) electrons. The molecule has 1 saturated heterocycles. The van der Waals surface area contributed by atoms with Crippen molar-refractivity contribution in [1.29, 1.82) is 0 Å². The fourth-order valence-electron chi connectivity index (χ4n) is 3.90. The van der Waals surface area contributed by atoms with Gasteiger partial charge in [-0.05, 0) is 31.6 Å². The normalized spacial score (nSPS) is 52.4. The Morgan fingerprint density at radius 1 is 1.25 bits per heavy atom. The van der Waals surface area contributed by atoms with Gasteiger partial charge in [-0.2, -0.15) is 0 Å². The van der Waals surface area contributed by atoms with Crippen molar-refractivity contribution in [2.24, 2.45) is 16.2 Å². The summed E-state index contributed by atoms with van der Waals surface area (Å²) in [6.45, 7) is 6.21. The number of ether oxygens (including phenoxy) is 1. The van der Waals surface area contributed by atoms with Gasteiger partial charge in [0.05, 0.1) is 12.0 Å². The average molecular weight is 228 g/mol. The number of aliphatic hydroxyl groups is 1. The maximum absolute atomic E-state index is 11.4. The number of aliphatic hydroxyl groups excluding tert-OH is 1. The maximum Gasteiger partial charge on any atom is 0.309 e. The van der Waals surface area contributed by atoms with Crippen LogP contribution in [0.3, 0.4) is 0 Å². The fraction of sp³-hybridized carbons (Fsp3) is 0.917. The van der Waals surface area contributed by atoms with Gasteiger partial charge in [-0.15, -0.1) is 0 Å². The van der Waals surface area contributed by atoms with E-state index in [0.717, 1.165) is 6.42 Å². The molecule has 92 valence electrons. The number of fused-ring (bicyclic) bond motifs is 2.